The Bertz CT molecular complexity index is 853. The van der Waals surface area contributed by atoms with Gasteiger partial charge in [0.05, 0.1) is 42.2 Å². The van der Waals surface area contributed by atoms with Gasteiger partial charge in [-0.2, -0.15) is 0 Å². The number of allylic oxidation sites excluding steroid dienone is 1. The maximum absolute atomic E-state index is 12.8. The topological polar surface area (TPSA) is 172 Å². The van der Waals surface area contributed by atoms with Crippen LogP contribution in [-0.4, -0.2) is 98.7 Å². The number of aliphatic hydroxyl groups is 4. The van der Waals surface area contributed by atoms with E-state index in [-0.39, 0.29) is 25.0 Å². The highest BCUT2D eigenvalue weighted by Gasteiger charge is 2.49. The summed E-state index contributed by atoms with van der Waals surface area (Å²) in [4.78, 5) is 23.8. The highest BCUT2D eigenvalue weighted by Crippen LogP contribution is 2.33. The summed E-state index contributed by atoms with van der Waals surface area (Å²) >= 11 is 0. The lowest BCUT2D eigenvalue weighted by Crippen LogP contribution is -2.60. The van der Waals surface area contributed by atoms with Gasteiger partial charge < -0.3 is 44.5 Å². The van der Waals surface area contributed by atoms with Crippen LogP contribution in [0.25, 0.3) is 0 Å². The van der Waals surface area contributed by atoms with Crippen LogP contribution >= 0.6 is 0 Å². The molecule has 0 bridgehead atoms. The molecular formula is C26H40O11. The van der Waals surface area contributed by atoms with E-state index < -0.39 is 72.5 Å². The summed E-state index contributed by atoms with van der Waals surface area (Å²) in [7, 11) is 0. The van der Waals surface area contributed by atoms with E-state index in [0.29, 0.717) is 12.8 Å². The Morgan fingerprint density at radius 2 is 1.81 bits per heavy atom. The standard InChI is InChI=1S/C26H40O11/c1-6-25(4,33)12-10-18-17(14-34-18)23(32)36-21-15(3)35-24(20(29)19(21)28)37-26(5,7-2)11-8-9-16(13-27)22(30)31/h6-7,9,15,17-21,24,27-29,33H,1-2,8,10-14H2,3-5H3,(H,30,31)/b16-9+/t15?,17?,18?,19?,20-,21+,24-,25?,26+/m0/s1. The number of carboxylic acid groups (broad SMARTS) is 1. The van der Waals surface area contributed by atoms with Crippen LogP contribution in [0, 0.1) is 5.92 Å². The first-order chi connectivity index (χ1) is 17.3. The zero-order chi connectivity index (χ0) is 28.0. The van der Waals surface area contributed by atoms with Crippen LogP contribution in [0.15, 0.2) is 37.0 Å². The summed E-state index contributed by atoms with van der Waals surface area (Å²) < 4.78 is 22.6. The molecule has 11 nitrogen and oxygen atoms in total. The Morgan fingerprint density at radius 3 is 2.32 bits per heavy atom. The maximum atomic E-state index is 12.8. The van der Waals surface area contributed by atoms with Gasteiger partial charge in [-0.1, -0.05) is 18.2 Å². The molecule has 0 saturated carbocycles. The monoisotopic (exact) mass is 528 g/mol. The number of aliphatic carboxylic acids is 1. The van der Waals surface area contributed by atoms with Gasteiger partial charge in [-0.25, -0.2) is 4.79 Å². The molecule has 37 heavy (non-hydrogen) atoms. The zero-order valence-electron chi connectivity index (χ0n) is 21.6. The van der Waals surface area contributed by atoms with Gasteiger partial charge in [-0.3, -0.25) is 4.79 Å². The third-order valence-electron chi connectivity index (χ3n) is 6.94. The van der Waals surface area contributed by atoms with E-state index in [2.05, 4.69) is 13.2 Å². The SMILES string of the molecule is C=CC(C)(O)CCC1OCC1C(=O)O[C@@H]1C(C)O[C@@H](O[C@](C)(C=C)CC/C=C(\CO)C(=O)O)[C@@H](O)C1O. The Hall–Kier alpha value is -2.12. The fourth-order valence-corrected chi connectivity index (χ4v) is 4.08. The van der Waals surface area contributed by atoms with Crippen LogP contribution in [-0.2, 0) is 28.5 Å². The van der Waals surface area contributed by atoms with Crippen molar-refractivity contribution < 1.29 is 54.1 Å². The van der Waals surface area contributed by atoms with Crippen molar-refractivity contribution >= 4 is 11.9 Å². The van der Waals surface area contributed by atoms with E-state index in [1.807, 2.05) is 0 Å². The van der Waals surface area contributed by atoms with Gasteiger partial charge in [0, 0.05) is 0 Å². The molecule has 0 aromatic carbocycles. The minimum atomic E-state index is -1.55. The minimum absolute atomic E-state index is 0.151. The van der Waals surface area contributed by atoms with Gasteiger partial charge in [0.25, 0.3) is 0 Å². The normalized spacial score (nSPS) is 33.4. The fraction of sp³-hybridized carbons (Fsp3) is 0.692. The van der Waals surface area contributed by atoms with E-state index >= 15 is 0 Å². The quantitative estimate of drug-likeness (QED) is 0.123. The average Bonchev–Trinajstić information content (AvgIpc) is 2.82. The van der Waals surface area contributed by atoms with Gasteiger partial charge in [-0.15, -0.1) is 13.2 Å². The van der Waals surface area contributed by atoms with Crippen molar-refractivity contribution in [1.82, 2.24) is 0 Å². The molecule has 9 atom stereocenters. The molecule has 2 saturated heterocycles. The number of ether oxygens (including phenoxy) is 4. The van der Waals surface area contributed by atoms with Crippen LogP contribution in [0.2, 0.25) is 0 Å². The molecule has 2 aliphatic heterocycles. The van der Waals surface area contributed by atoms with E-state index in [1.165, 1.54) is 18.2 Å². The first kappa shape index (κ1) is 31.1. The highest BCUT2D eigenvalue weighted by molar-refractivity contribution is 5.86. The molecule has 0 spiro atoms. The van der Waals surface area contributed by atoms with Gasteiger partial charge in [0.1, 0.15) is 18.1 Å². The second-order valence-electron chi connectivity index (χ2n) is 10.0. The molecular weight excluding hydrogens is 488 g/mol. The number of carboxylic acids is 1. The summed E-state index contributed by atoms with van der Waals surface area (Å²) in [5.41, 5.74) is -2.30. The minimum Gasteiger partial charge on any atom is -0.478 e. The Morgan fingerprint density at radius 1 is 1.14 bits per heavy atom. The second-order valence-corrected chi connectivity index (χ2v) is 10.0. The van der Waals surface area contributed by atoms with Crippen molar-refractivity contribution in [2.75, 3.05) is 13.2 Å². The number of hydrogen-bond acceptors (Lipinski definition) is 10. The van der Waals surface area contributed by atoms with Crippen molar-refractivity contribution in [3.05, 3.63) is 37.0 Å². The molecule has 11 heteroatoms. The number of rotatable bonds is 14. The largest absolute Gasteiger partial charge is 0.478 e. The van der Waals surface area contributed by atoms with Gasteiger partial charge >= 0.3 is 11.9 Å². The number of hydrogen-bond donors (Lipinski definition) is 5. The smallest absolute Gasteiger partial charge is 0.333 e. The van der Waals surface area contributed by atoms with Crippen LogP contribution in [0.3, 0.4) is 0 Å². The molecule has 0 amide bonds. The number of carbonyl (C=O) groups excluding carboxylic acids is 1. The van der Waals surface area contributed by atoms with Crippen LogP contribution in [0.4, 0.5) is 0 Å². The van der Waals surface area contributed by atoms with Gasteiger partial charge in [0.15, 0.2) is 12.4 Å². The highest BCUT2D eigenvalue weighted by atomic mass is 16.7. The first-order valence-corrected chi connectivity index (χ1v) is 12.3. The summed E-state index contributed by atoms with van der Waals surface area (Å²) in [5.74, 6) is -2.39. The summed E-state index contributed by atoms with van der Waals surface area (Å²) in [6, 6.07) is 0. The molecule has 0 radical (unpaired) electrons. The molecule has 2 heterocycles. The van der Waals surface area contributed by atoms with E-state index in [0.717, 1.165) is 0 Å². The van der Waals surface area contributed by atoms with Crippen molar-refractivity contribution in [3.63, 3.8) is 0 Å². The summed E-state index contributed by atoms with van der Waals surface area (Å²) in [6.07, 6.45) is -1.22. The predicted molar refractivity (Wildman–Crippen MR) is 131 cm³/mol. The number of carbonyl (C=O) groups is 2. The number of aliphatic hydroxyl groups excluding tert-OH is 3. The second kappa shape index (κ2) is 13.1. The average molecular weight is 529 g/mol. The lowest BCUT2D eigenvalue weighted by atomic mass is 9.89. The molecule has 0 aliphatic carbocycles. The molecule has 210 valence electrons. The summed E-state index contributed by atoms with van der Waals surface area (Å²) in [5, 5.41) is 49.6. The van der Waals surface area contributed by atoms with E-state index in [9.17, 15) is 24.9 Å². The van der Waals surface area contributed by atoms with E-state index in [1.54, 1.807) is 20.8 Å². The molecule has 2 aliphatic rings. The lowest BCUT2D eigenvalue weighted by molar-refractivity contribution is -0.316. The van der Waals surface area contributed by atoms with E-state index in [4.69, 9.17) is 29.2 Å². The first-order valence-electron chi connectivity index (χ1n) is 12.3. The molecule has 2 rings (SSSR count). The molecule has 0 aromatic heterocycles. The molecule has 0 aromatic rings. The van der Waals surface area contributed by atoms with Gasteiger partial charge in [0.2, 0.25) is 0 Å². The fourth-order valence-electron chi connectivity index (χ4n) is 4.08. The predicted octanol–water partition coefficient (Wildman–Crippen LogP) is 0.842. The van der Waals surface area contributed by atoms with Crippen LogP contribution in [0.1, 0.15) is 46.5 Å². The summed E-state index contributed by atoms with van der Waals surface area (Å²) in [6.45, 7) is 11.7. The maximum Gasteiger partial charge on any atom is 0.333 e. The Labute approximate surface area is 217 Å². The Kier molecular flexibility index (Phi) is 11.0. The van der Waals surface area contributed by atoms with Crippen molar-refractivity contribution in [2.24, 2.45) is 5.92 Å². The van der Waals surface area contributed by atoms with Crippen molar-refractivity contribution in [3.8, 4) is 0 Å². The van der Waals surface area contributed by atoms with Crippen molar-refractivity contribution in [1.29, 1.82) is 0 Å². The zero-order valence-corrected chi connectivity index (χ0v) is 21.6. The Balaban J connectivity index is 1.96. The van der Waals surface area contributed by atoms with Crippen LogP contribution < -0.4 is 0 Å². The third kappa shape index (κ3) is 8.18. The lowest BCUT2D eigenvalue weighted by Gasteiger charge is -2.44. The third-order valence-corrected chi connectivity index (χ3v) is 6.94. The molecule has 5 N–H and O–H groups in total. The van der Waals surface area contributed by atoms with Crippen molar-refractivity contribution in [2.45, 2.75) is 94.5 Å². The van der Waals surface area contributed by atoms with Crippen LogP contribution in [0.5, 0.6) is 0 Å². The number of esters is 1. The van der Waals surface area contributed by atoms with Gasteiger partial charge in [-0.05, 0) is 46.5 Å². The molecule has 2 fully saturated rings. The molecule has 5 unspecified atom stereocenters.